The Bertz CT molecular complexity index is 632. The van der Waals surface area contributed by atoms with Crippen LogP contribution in [0.4, 0.5) is 0 Å². The Morgan fingerprint density at radius 2 is 1.81 bits per heavy atom. The SMILES string of the molecule is CC(C)[C@H](NC(=O)COc1ccccc1)C(=O)N1CC[C@H]2CCCC[C@H]2C1. The summed E-state index contributed by atoms with van der Waals surface area (Å²) >= 11 is 0. The first-order chi connectivity index (χ1) is 13.0. The molecule has 1 saturated carbocycles. The van der Waals surface area contributed by atoms with Crippen LogP contribution in [-0.2, 0) is 9.59 Å². The van der Waals surface area contributed by atoms with Gasteiger partial charge in [-0.05, 0) is 42.7 Å². The molecule has 1 N–H and O–H groups in total. The van der Waals surface area contributed by atoms with Crippen LogP contribution in [0.2, 0.25) is 0 Å². The molecular weight excluding hydrogens is 340 g/mol. The highest BCUT2D eigenvalue weighted by molar-refractivity contribution is 5.88. The molecule has 2 amide bonds. The number of amides is 2. The van der Waals surface area contributed by atoms with Gasteiger partial charge in [-0.2, -0.15) is 0 Å². The number of nitrogens with zero attached hydrogens (tertiary/aromatic N) is 1. The van der Waals surface area contributed by atoms with E-state index in [4.69, 9.17) is 4.74 Å². The summed E-state index contributed by atoms with van der Waals surface area (Å²) in [6.45, 7) is 5.55. The Hall–Kier alpha value is -2.04. The van der Waals surface area contributed by atoms with Gasteiger partial charge in [-0.25, -0.2) is 0 Å². The maximum atomic E-state index is 13.1. The standard InChI is InChI=1S/C22H32N2O3/c1-16(2)21(23-20(25)15-27-19-10-4-3-5-11-19)22(26)24-13-12-17-8-6-7-9-18(17)14-24/h3-5,10-11,16-18,21H,6-9,12-15H2,1-2H3,(H,23,25)/t17-,18+,21+/m1/s1. The summed E-state index contributed by atoms with van der Waals surface area (Å²) in [6, 6.07) is 8.76. The zero-order valence-electron chi connectivity index (χ0n) is 16.5. The fourth-order valence-electron chi connectivity index (χ4n) is 4.39. The number of nitrogens with one attached hydrogen (secondary N) is 1. The van der Waals surface area contributed by atoms with Gasteiger partial charge in [-0.3, -0.25) is 9.59 Å². The molecule has 27 heavy (non-hydrogen) atoms. The highest BCUT2D eigenvalue weighted by atomic mass is 16.5. The molecule has 5 heteroatoms. The van der Waals surface area contributed by atoms with Crippen molar-refractivity contribution in [3.63, 3.8) is 0 Å². The number of likely N-dealkylation sites (tertiary alicyclic amines) is 1. The Morgan fingerprint density at radius 1 is 1.11 bits per heavy atom. The Labute approximate surface area is 162 Å². The normalized spacial score (nSPS) is 23.4. The molecule has 1 aliphatic heterocycles. The maximum absolute atomic E-state index is 13.1. The predicted molar refractivity (Wildman–Crippen MR) is 105 cm³/mol. The lowest BCUT2D eigenvalue weighted by atomic mass is 9.75. The van der Waals surface area contributed by atoms with Crippen molar-refractivity contribution in [3.05, 3.63) is 30.3 Å². The average Bonchev–Trinajstić information content (AvgIpc) is 2.70. The minimum atomic E-state index is -0.489. The number of fused-ring (bicyclic) bond motifs is 1. The first-order valence-electron chi connectivity index (χ1n) is 10.3. The molecular formula is C22H32N2O3. The predicted octanol–water partition coefficient (Wildman–Crippen LogP) is 3.24. The lowest BCUT2D eigenvalue weighted by Crippen LogP contribution is -2.55. The number of rotatable bonds is 6. The van der Waals surface area contributed by atoms with Crippen LogP contribution in [0.1, 0.15) is 46.0 Å². The summed E-state index contributed by atoms with van der Waals surface area (Å²) in [5, 5.41) is 2.90. The molecule has 0 aromatic heterocycles. The zero-order valence-corrected chi connectivity index (χ0v) is 16.5. The maximum Gasteiger partial charge on any atom is 0.258 e. The largest absolute Gasteiger partial charge is 0.484 e. The number of hydrogen-bond acceptors (Lipinski definition) is 3. The van der Waals surface area contributed by atoms with E-state index >= 15 is 0 Å². The minimum absolute atomic E-state index is 0.0438. The number of ether oxygens (including phenoxy) is 1. The van der Waals surface area contributed by atoms with Gasteiger partial charge in [0.15, 0.2) is 6.61 Å². The fourth-order valence-corrected chi connectivity index (χ4v) is 4.39. The average molecular weight is 373 g/mol. The van der Waals surface area contributed by atoms with Gasteiger partial charge in [0.2, 0.25) is 5.91 Å². The number of carbonyl (C=O) groups excluding carboxylic acids is 2. The lowest BCUT2D eigenvalue weighted by Gasteiger charge is -2.42. The Kier molecular flexibility index (Phi) is 6.75. The monoisotopic (exact) mass is 372 g/mol. The molecule has 1 heterocycles. The van der Waals surface area contributed by atoms with Crippen LogP contribution in [0, 0.1) is 17.8 Å². The van der Waals surface area contributed by atoms with Gasteiger partial charge in [-0.1, -0.05) is 51.3 Å². The van der Waals surface area contributed by atoms with E-state index in [2.05, 4.69) is 5.32 Å². The molecule has 2 aliphatic rings. The van der Waals surface area contributed by atoms with Crippen molar-refractivity contribution in [2.24, 2.45) is 17.8 Å². The highest BCUT2D eigenvalue weighted by Gasteiger charge is 2.36. The number of benzene rings is 1. The van der Waals surface area contributed by atoms with Crippen LogP contribution >= 0.6 is 0 Å². The third-order valence-electron chi connectivity index (χ3n) is 5.97. The topological polar surface area (TPSA) is 58.6 Å². The molecule has 0 radical (unpaired) electrons. The van der Waals surface area contributed by atoms with E-state index in [0.717, 1.165) is 25.4 Å². The number of hydrogen-bond donors (Lipinski definition) is 1. The van der Waals surface area contributed by atoms with Gasteiger partial charge in [0, 0.05) is 13.1 Å². The lowest BCUT2D eigenvalue weighted by molar-refractivity contribution is -0.140. The van der Waals surface area contributed by atoms with E-state index in [-0.39, 0.29) is 24.3 Å². The first kappa shape index (κ1) is 19.7. The molecule has 1 aromatic rings. The van der Waals surface area contributed by atoms with Gasteiger partial charge >= 0.3 is 0 Å². The van der Waals surface area contributed by atoms with E-state index in [1.165, 1.54) is 25.7 Å². The van der Waals surface area contributed by atoms with Gasteiger partial charge < -0.3 is 15.0 Å². The summed E-state index contributed by atoms with van der Waals surface area (Å²) in [7, 11) is 0. The molecule has 3 atom stereocenters. The second-order valence-electron chi connectivity index (χ2n) is 8.27. The van der Waals surface area contributed by atoms with Crippen molar-refractivity contribution in [2.75, 3.05) is 19.7 Å². The summed E-state index contributed by atoms with van der Waals surface area (Å²) in [4.78, 5) is 27.4. The van der Waals surface area contributed by atoms with E-state index < -0.39 is 6.04 Å². The Morgan fingerprint density at radius 3 is 2.52 bits per heavy atom. The summed E-state index contributed by atoms with van der Waals surface area (Å²) in [5.41, 5.74) is 0. The summed E-state index contributed by atoms with van der Waals surface area (Å²) in [5.74, 6) is 1.93. The first-order valence-corrected chi connectivity index (χ1v) is 10.3. The van der Waals surface area contributed by atoms with Gasteiger partial charge in [0.25, 0.3) is 5.91 Å². The van der Waals surface area contributed by atoms with Crippen LogP contribution in [-0.4, -0.2) is 42.5 Å². The van der Waals surface area contributed by atoms with Crippen LogP contribution in [0.3, 0.4) is 0 Å². The van der Waals surface area contributed by atoms with Gasteiger partial charge in [0.05, 0.1) is 0 Å². The summed E-state index contributed by atoms with van der Waals surface area (Å²) < 4.78 is 5.51. The van der Waals surface area contributed by atoms with E-state index in [0.29, 0.717) is 11.7 Å². The molecule has 0 bridgehead atoms. The molecule has 148 valence electrons. The second kappa shape index (κ2) is 9.25. The van der Waals surface area contributed by atoms with E-state index in [9.17, 15) is 9.59 Å². The minimum Gasteiger partial charge on any atom is -0.484 e. The van der Waals surface area contributed by atoms with E-state index in [1.54, 1.807) is 0 Å². The third-order valence-corrected chi connectivity index (χ3v) is 5.97. The number of carbonyl (C=O) groups is 2. The molecule has 5 nitrogen and oxygen atoms in total. The fraction of sp³-hybridized carbons (Fsp3) is 0.636. The zero-order chi connectivity index (χ0) is 19.2. The number of para-hydroxylation sites is 1. The van der Waals surface area contributed by atoms with Crippen LogP contribution in [0.15, 0.2) is 30.3 Å². The van der Waals surface area contributed by atoms with Crippen LogP contribution < -0.4 is 10.1 Å². The summed E-state index contributed by atoms with van der Waals surface area (Å²) in [6.07, 6.45) is 6.27. The molecule has 0 unspecified atom stereocenters. The smallest absolute Gasteiger partial charge is 0.258 e. The molecule has 0 spiro atoms. The van der Waals surface area contributed by atoms with Gasteiger partial charge in [0.1, 0.15) is 11.8 Å². The molecule has 1 aromatic carbocycles. The van der Waals surface area contributed by atoms with Crippen molar-refractivity contribution in [1.29, 1.82) is 0 Å². The van der Waals surface area contributed by atoms with Crippen LogP contribution in [0.5, 0.6) is 5.75 Å². The van der Waals surface area contributed by atoms with Crippen molar-refractivity contribution in [2.45, 2.75) is 52.0 Å². The quantitative estimate of drug-likeness (QED) is 0.834. The van der Waals surface area contributed by atoms with E-state index in [1.807, 2.05) is 49.1 Å². The molecule has 1 saturated heterocycles. The molecule has 3 rings (SSSR count). The third kappa shape index (κ3) is 5.24. The highest BCUT2D eigenvalue weighted by Crippen LogP contribution is 2.36. The van der Waals surface area contributed by atoms with Crippen molar-refractivity contribution in [3.8, 4) is 5.75 Å². The van der Waals surface area contributed by atoms with Crippen LogP contribution in [0.25, 0.3) is 0 Å². The molecule has 1 aliphatic carbocycles. The van der Waals surface area contributed by atoms with Gasteiger partial charge in [-0.15, -0.1) is 0 Å². The van der Waals surface area contributed by atoms with Crippen molar-refractivity contribution < 1.29 is 14.3 Å². The number of piperidine rings is 1. The Balaban J connectivity index is 1.54. The second-order valence-corrected chi connectivity index (χ2v) is 8.27. The van der Waals surface area contributed by atoms with Crippen molar-refractivity contribution >= 4 is 11.8 Å². The van der Waals surface area contributed by atoms with Crippen molar-refractivity contribution in [1.82, 2.24) is 10.2 Å². The molecule has 2 fully saturated rings.